The number of nitrogens with zero attached hydrogens (tertiary/aromatic N) is 5. The number of rotatable bonds is 5. The highest BCUT2D eigenvalue weighted by Crippen LogP contribution is 2.25. The van der Waals surface area contributed by atoms with Crippen molar-refractivity contribution in [3.05, 3.63) is 71.3 Å². The summed E-state index contributed by atoms with van der Waals surface area (Å²) < 4.78 is 20.4. The first kappa shape index (κ1) is 16.7. The monoisotopic (exact) mass is 387 g/mol. The lowest BCUT2D eigenvalue weighted by Crippen LogP contribution is -1.95. The van der Waals surface area contributed by atoms with E-state index in [4.69, 9.17) is 16.0 Å². The molecule has 2 aromatic heterocycles. The zero-order valence-corrected chi connectivity index (χ0v) is 14.8. The van der Waals surface area contributed by atoms with Crippen LogP contribution in [0, 0.1) is 5.82 Å². The van der Waals surface area contributed by atoms with Gasteiger partial charge < -0.3 is 4.42 Å². The van der Waals surface area contributed by atoms with Crippen molar-refractivity contribution >= 4 is 23.4 Å². The largest absolute Gasteiger partial charge is 0.411 e. The fourth-order valence-corrected chi connectivity index (χ4v) is 3.03. The second-order valence-electron chi connectivity index (χ2n) is 5.28. The molecule has 0 radical (unpaired) electrons. The van der Waals surface area contributed by atoms with E-state index in [0.717, 1.165) is 11.3 Å². The maximum Gasteiger partial charge on any atom is 0.277 e. The zero-order valence-electron chi connectivity index (χ0n) is 13.2. The van der Waals surface area contributed by atoms with Gasteiger partial charge in [-0.3, -0.25) is 0 Å². The topological polar surface area (TPSA) is 69.6 Å². The van der Waals surface area contributed by atoms with Gasteiger partial charge in [0.2, 0.25) is 5.89 Å². The molecule has 0 aliphatic carbocycles. The normalized spacial score (nSPS) is 11.0. The summed E-state index contributed by atoms with van der Waals surface area (Å²) in [6, 6.07) is 13.9. The third kappa shape index (κ3) is 3.61. The van der Waals surface area contributed by atoms with E-state index in [-0.39, 0.29) is 5.02 Å². The predicted octanol–water partition coefficient (Wildman–Crippen LogP) is 4.40. The minimum Gasteiger partial charge on any atom is -0.411 e. The van der Waals surface area contributed by atoms with Crippen LogP contribution in [0.5, 0.6) is 0 Å². The van der Waals surface area contributed by atoms with Gasteiger partial charge in [0.1, 0.15) is 5.82 Å². The molecule has 130 valence electrons. The van der Waals surface area contributed by atoms with Crippen molar-refractivity contribution in [1.82, 2.24) is 25.2 Å². The van der Waals surface area contributed by atoms with Gasteiger partial charge in [-0.2, -0.15) is 0 Å². The van der Waals surface area contributed by atoms with Gasteiger partial charge in [0.05, 0.1) is 22.6 Å². The molecule has 0 amide bonds. The lowest BCUT2D eigenvalue weighted by Gasteiger charge is -2.00. The van der Waals surface area contributed by atoms with Crippen molar-refractivity contribution in [3.8, 4) is 17.1 Å². The molecule has 0 N–H and O–H groups in total. The van der Waals surface area contributed by atoms with Crippen LogP contribution in [0.3, 0.4) is 0 Å². The zero-order chi connectivity index (χ0) is 17.9. The first-order chi connectivity index (χ1) is 12.7. The number of aromatic nitrogens is 5. The summed E-state index contributed by atoms with van der Waals surface area (Å²) in [5, 5.41) is 16.7. The van der Waals surface area contributed by atoms with Crippen molar-refractivity contribution in [3.63, 3.8) is 0 Å². The van der Waals surface area contributed by atoms with Crippen molar-refractivity contribution in [2.75, 3.05) is 0 Å². The van der Waals surface area contributed by atoms with Crippen LogP contribution in [-0.2, 0) is 5.75 Å². The highest BCUT2D eigenvalue weighted by Gasteiger charge is 2.11. The highest BCUT2D eigenvalue weighted by atomic mass is 35.5. The van der Waals surface area contributed by atoms with E-state index < -0.39 is 5.82 Å². The Labute approximate surface area is 157 Å². The molecule has 4 aromatic rings. The molecular formula is C17H11ClFN5OS. The summed E-state index contributed by atoms with van der Waals surface area (Å²) in [5.41, 5.74) is 2.21. The van der Waals surface area contributed by atoms with Crippen LogP contribution in [0.15, 0.2) is 64.4 Å². The summed E-state index contributed by atoms with van der Waals surface area (Å²) >= 11 is 7.16. The summed E-state index contributed by atoms with van der Waals surface area (Å²) in [6.07, 6.45) is 1.74. The first-order valence-corrected chi connectivity index (χ1v) is 8.94. The van der Waals surface area contributed by atoms with Gasteiger partial charge in [-0.1, -0.05) is 46.8 Å². The van der Waals surface area contributed by atoms with Gasteiger partial charge in [0.15, 0.2) is 0 Å². The van der Waals surface area contributed by atoms with Crippen molar-refractivity contribution < 1.29 is 8.81 Å². The summed E-state index contributed by atoms with van der Waals surface area (Å²) in [4.78, 5) is 0. The van der Waals surface area contributed by atoms with Crippen LogP contribution in [0.1, 0.15) is 5.69 Å². The number of halogens is 2. The number of benzene rings is 2. The Kier molecular flexibility index (Phi) is 4.68. The van der Waals surface area contributed by atoms with Crippen molar-refractivity contribution in [2.45, 2.75) is 11.0 Å². The fourth-order valence-electron chi connectivity index (χ4n) is 2.22. The smallest absolute Gasteiger partial charge is 0.277 e. The molecule has 0 saturated heterocycles. The molecule has 0 unspecified atom stereocenters. The average Bonchev–Trinajstić information content (AvgIpc) is 3.32. The molecule has 2 aromatic carbocycles. The minimum atomic E-state index is -0.475. The van der Waals surface area contributed by atoms with Crippen LogP contribution in [0.4, 0.5) is 4.39 Å². The third-order valence-corrected chi connectivity index (χ3v) is 4.62. The number of hydrogen-bond acceptors (Lipinski definition) is 6. The average molecular weight is 388 g/mol. The second kappa shape index (κ2) is 7.27. The first-order valence-electron chi connectivity index (χ1n) is 7.57. The number of hydrogen-bond donors (Lipinski definition) is 0. The van der Waals surface area contributed by atoms with E-state index in [2.05, 4.69) is 20.5 Å². The van der Waals surface area contributed by atoms with Crippen LogP contribution in [0.2, 0.25) is 5.02 Å². The highest BCUT2D eigenvalue weighted by molar-refractivity contribution is 7.98. The maximum absolute atomic E-state index is 13.2. The van der Waals surface area contributed by atoms with Crippen LogP contribution >= 0.6 is 23.4 Å². The van der Waals surface area contributed by atoms with Gasteiger partial charge in [-0.25, -0.2) is 9.07 Å². The van der Waals surface area contributed by atoms with Crippen LogP contribution in [0.25, 0.3) is 17.1 Å². The van der Waals surface area contributed by atoms with Gasteiger partial charge in [0.25, 0.3) is 5.22 Å². The summed E-state index contributed by atoms with van der Waals surface area (Å²) in [7, 11) is 0. The van der Waals surface area contributed by atoms with E-state index in [1.807, 2.05) is 30.3 Å². The summed E-state index contributed by atoms with van der Waals surface area (Å²) in [6.45, 7) is 0. The molecule has 4 rings (SSSR count). The van der Waals surface area contributed by atoms with E-state index >= 15 is 0 Å². The van der Waals surface area contributed by atoms with Crippen LogP contribution in [-0.4, -0.2) is 25.2 Å². The van der Waals surface area contributed by atoms with Gasteiger partial charge in [0, 0.05) is 11.3 Å². The Hall–Kier alpha value is -2.71. The van der Waals surface area contributed by atoms with Gasteiger partial charge >= 0.3 is 0 Å². The van der Waals surface area contributed by atoms with Crippen molar-refractivity contribution in [1.29, 1.82) is 0 Å². The molecule has 26 heavy (non-hydrogen) atoms. The SMILES string of the molecule is Fc1ccc(-n2cc(CSc3nnc(-c4ccccc4)o3)nn2)cc1Cl. The molecule has 2 heterocycles. The van der Waals surface area contributed by atoms with E-state index in [1.165, 1.54) is 28.6 Å². The molecule has 0 spiro atoms. The second-order valence-corrected chi connectivity index (χ2v) is 6.61. The Balaban J connectivity index is 1.44. The molecule has 0 aliphatic rings. The Bertz CT molecular complexity index is 1040. The van der Waals surface area contributed by atoms with E-state index in [0.29, 0.717) is 22.6 Å². The van der Waals surface area contributed by atoms with E-state index in [1.54, 1.807) is 12.3 Å². The molecule has 6 nitrogen and oxygen atoms in total. The maximum atomic E-state index is 13.2. The number of thioether (sulfide) groups is 1. The molecule has 0 fully saturated rings. The molecule has 0 aliphatic heterocycles. The Morgan fingerprint density at radius 2 is 1.92 bits per heavy atom. The Morgan fingerprint density at radius 3 is 2.73 bits per heavy atom. The van der Waals surface area contributed by atoms with Crippen molar-refractivity contribution in [2.24, 2.45) is 0 Å². The van der Waals surface area contributed by atoms with Gasteiger partial charge in [-0.05, 0) is 30.3 Å². The lowest BCUT2D eigenvalue weighted by atomic mass is 10.2. The summed E-state index contributed by atoms with van der Waals surface area (Å²) in [5.74, 6) is 0.500. The third-order valence-electron chi connectivity index (χ3n) is 3.48. The van der Waals surface area contributed by atoms with Crippen LogP contribution < -0.4 is 0 Å². The molecular weight excluding hydrogens is 377 g/mol. The molecule has 0 bridgehead atoms. The molecule has 9 heteroatoms. The Morgan fingerprint density at radius 1 is 1.08 bits per heavy atom. The standard InChI is InChI=1S/C17H11ClFN5OS/c18-14-8-13(6-7-15(14)19)24-9-12(20-23-24)10-26-17-22-21-16(25-17)11-4-2-1-3-5-11/h1-9H,10H2. The predicted molar refractivity (Wildman–Crippen MR) is 95.6 cm³/mol. The minimum absolute atomic E-state index is 0.0354. The van der Waals surface area contributed by atoms with E-state index in [9.17, 15) is 4.39 Å². The lowest BCUT2D eigenvalue weighted by molar-refractivity contribution is 0.466. The molecule has 0 saturated carbocycles. The van der Waals surface area contributed by atoms with Gasteiger partial charge in [-0.15, -0.1) is 15.3 Å². The fraction of sp³-hybridized carbons (Fsp3) is 0.0588. The quantitative estimate of drug-likeness (QED) is 0.473. The molecule has 0 atom stereocenters.